The minimum Gasteiger partial charge on any atom is -0.412 e. The summed E-state index contributed by atoms with van der Waals surface area (Å²) in [6, 6.07) is 42.6. The summed E-state index contributed by atoms with van der Waals surface area (Å²) in [6.07, 6.45) is 0.905. The van der Waals surface area contributed by atoms with Gasteiger partial charge in [0.15, 0.2) is 0 Å². The highest BCUT2D eigenvalue weighted by Gasteiger charge is 2.45. The molecule has 360 valence electrons. The second-order valence-corrected chi connectivity index (χ2v) is 26.2. The van der Waals surface area contributed by atoms with Crippen molar-refractivity contribution in [3.63, 3.8) is 0 Å². The van der Waals surface area contributed by atoms with Gasteiger partial charge in [0.25, 0.3) is 0 Å². The highest BCUT2D eigenvalue weighted by Crippen LogP contribution is 2.63. The average Bonchev–Trinajstić information content (AvgIpc) is 3.37. The third kappa shape index (κ3) is 7.10. The summed E-state index contributed by atoms with van der Waals surface area (Å²) in [4.78, 5) is 0. The van der Waals surface area contributed by atoms with Crippen LogP contribution in [0, 0.1) is 27.7 Å². The Hall–Kier alpha value is -6.92. The Morgan fingerprint density at radius 3 is 0.569 bits per heavy atom. The Kier molecular flexibility index (Phi) is 10.2. The lowest BCUT2D eigenvalue weighted by Gasteiger charge is -2.34. The van der Waals surface area contributed by atoms with Crippen molar-refractivity contribution < 1.29 is 54.5 Å². The molecule has 8 bridgehead atoms. The fourth-order valence-electron chi connectivity index (χ4n) is 10.5. The van der Waals surface area contributed by atoms with Gasteiger partial charge in [0.05, 0.1) is 21.2 Å². The maximum atomic E-state index is 15.9. The van der Waals surface area contributed by atoms with Gasteiger partial charge in [0, 0.05) is 92.4 Å². The highest BCUT2D eigenvalue weighted by molar-refractivity contribution is 7.64. The molecule has 8 aromatic carbocycles. The average molecular weight is 1030 g/mol. The summed E-state index contributed by atoms with van der Waals surface area (Å²) in [5.41, 5.74) is 7.09. The molecule has 0 aromatic heterocycles. The third-order valence-corrected chi connectivity index (χ3v) is 21.1. The SMILES string of the molecule is Cc1c2c3cc4c1OP(=O)(c1ccccc1)Oc1c(cc5c(c1C)OP(=O)(c1ccccc1)Oc1c(cc6c(c1C)OP(=O)(c1ccccc1)Oc1c(cc(c(c1C)OP(=O)(c1ccccc1)O2)C3)C6)C5)C4. The van der Waals surface area contributed by atoms with Gasteiger partial charge in [-0.2, -0.15) is 0 Å². The van der Waals surface area contributed by atoms with Crippen LogP contribution in [0.4, 0.5) is 0 Å². The molecule has 16 heteroatoms. The highest BCUT2D eigenvalue weighted by atomic mass is 31.2. The van der Waals surface area contributed by atoms with Gasteiger partial charge in [-0.1, -0.05) is 72.8 Å². The van der Waals surface area contributed by atoms with Crippen LogP contribution in [0.3, 0.4) is 0 Å². The maximum Gasteiger partial charge on any atom is 0.462 e. The Morgan fingerprint density at radius 1 is 0.264 bits per heavy atom. The van der Waals surface area contributed by atoms with Crippen LogP contribution < -0.4 is 57.4 Å². The zero-order valence-corrected chi connectivity index (χ0v) is 43.0. The van der Waals surface area contributed by atoms with Gasteiger partial charge in [-0.05, 0) is 100 Å². The van der Waals surface area contributed by atoms with Crippen LogP contribution >= 0.6 is 30.4 Å². The number of rotatable bonds is 4. The summed E-state index contributed by atoms with van der Waals surface area (Å²) < 4.78 is 118. The minimum absolute atomic E-state index is 0.226. The number of hydrogen-bond donors (Lipinski definition) is 0. The molecule has 0 radical (unpaired) electrons. The van der Waals surface area contributed by atoms with Crippen LogP contribution in [0.15, 0.2) is 146 Å². The van der Waals surface area contributed by atoms with Gasteiger partial charge in [-0.3, -0.25) is 0 Å². The maximum absolute atomic E-state index is 15.9. The van der Waals surface area contributed by atoms with E-state index in [9.17, 15) is 0 Å². The molecule has 0 amide bonds. The molecule has 0 unspecified atom stereocenters. The Balaban J connectivity index is 1.17. The van der Waals surface area contributed by atoms with Gasteiger partial charge in [0.1, 0.15) is 46.0 Å². The first-order valence-corrected chi connectivity index (χ1v) is 29.7. The molecule has 13 rings (SSSR count). The van der Waals surface area contributed by atoms with Crippen molar-refractivity contribution in [2.75, 3.05) is 0 Å². The molecule has 5 aliphatic rings. The van der Waals surface area contributed by atoms with E-state index in [4.69, 9.17) is 36.2 Å². The van der Waals surface area contributed by atoms with Crippen LogP contribution in [0.5, 0.6) is 46.0 Å². The van der Waals surface area contributed by atoms with Crippen molar-refractivity contribution in [1.82, 2.24) is 0 Å². The van der Waals surface area contributed by atoms with Crippen molar-refractivity contribution in [1.29, 1.82) is 0 Å². The lowest BCUT2D eigenvalue weighted by Crippen LogP contribution is -2.23. The van der Waals surface area contributed by atoms with Crippen molar-refractivity contribution in [3.05, 3.63) is 212 Å². The van der Waals surface area contributed by atoms with E-state index in [0.717, 1.165) is 0 Å². The first kappa shape index (κ1) is 45.0. The zero-order valence-electron chi connectivity index (χ0n) is 39.4. The second-order valence-electron chi connectivity index (χ2n) is 18.7. The van der Waals surface area contributed by atoms with E-state index in [-0.39, 0.29) is 92.9 Å². The fraction of sp³-hybridized carbons (Fsp3) is 0.143. The molecule has 4 heterocycles. The van der Waals surface area contributed by atoms with E-state index in [1.54, 1.807) is 125 Å². The molecule has 72 heavy (non-hydrogen) atoms. The van der Waals surface area contributed by atoms with Crippen LogP contribution in [0.1, 0.15) is 66.8 Å². The zero-order chi connectivity index (χ0) is 49.3. The molecule has 0 saturated carbocycles. The number of benzene rings is 8. The van der Waals surface area contributed by atoms with Gasteiger partial charge in [-0.25, -0.2) is 18.3 Å². The molecule has 4 aliphatic heterocycles. The monoisotopic (exact) mass is 1030 g/mol. The lowest BCUT2D eigenvalue weighted by molar-refractivity contribution is 0.374. The van der Waals surface area contributed by atoms with E-state index in [1.165, 1.54) is 0 Å². The van der Waals surface area contributed by atoms with Crippen molar-refractivity contribution in [3.8, 4) is 46.0 Å². The van der Waals surface area contributed by atoms with Crippen molar-refractivity contribution in [2.24, 2.45) is 0 Å². The Labute approximate surface area is 415 Å². The first-order chi connectivity index (χ1) is 34.7. The van der Waals surface area contributed by atoms with Crippen molar-refractivity contribution in [2.45, 2.75) is 53.4 Å². The quantitative estimate of drug-likeness (QED) is 0.155. The minimum atomic E-state index is -4.37. The summed E-state index contributed by atoms with van der Waals surface area (Å²) >= 11 is 0. The topological polar surface area (TPSA) is 142 Å². The van der Waals surface area contributed by atoms with Crippen molar-refractivity contribution >= 4 is 51.6 Å². The molecule has 8 aromatic rings. The van der Waals surface area contributed by atoms with E-state index in [2.05, 4.69) is 0 Å². The van der Waals surface area contributed by atoms with Crippen LogP contribution in [-0.4, -0.2) is 0 Å². The summed E-state index contributed by atoms with van der Waals surface area (Å²) in [6.45, 7) is 7.19. The van der Waals surface area contributed by atoms with Crippen LogP contribution in [0.2, 0.25) is 0 Å². The molecule has 0 spiro atoms. The second kappa shape index (κ2) is 16.3. The molecule has 0 N–H and O–H groups in total. The summed E-state index contributed by atoms with van der Waals surface area (Å²) in [5, 5.41) is 1.13. The van der Waals surface area contributed by atoms with Gasteiger partial charge in [0.2, 0.25) is 0 Å². The molecule has 12 nitrogen and oxygen atoms in total. The predicted octanol–water partition coefficient (Wildman–Crippen LogP) is 12.8. The fourth-order valence-corrected chi connectivity index (χ4v) is 17.6. The van der Waals surface area contributed by atoms with Crippen LogP contribution in [0.25, 0.3) is 0 Å². The number of hydrogen-bond acceptors (Lipinski definition) is 12. The molecule has 1 aliphatic carbocycles. The van der Waals surface area contributed by atoms with Crippen LogP contribution in [-0.2, 0) is 43.9 Å². The third-order valence-electron chi connectivity index (χ3n) is 14.0. The molecule has 0 atom stereocenters. The Morgan fingerprint density at radius 2 is 0.417 bits per heavy atom. The van der Waals surface area contributed by atoms with Gasteiger partial charge in [-0.15, -0.1) is 0 Å². The van der Waals surface area contributed by atoms with E-state index in [0.29, 0.717) is 66.8 Å². The van der Waals surface area contributed by atoms with Gasteiger partial charge >= 0.3 is 30.4 Å². The molecule has 0 fully saturated rings. The Bertz CT molecular complexity index is 3190. The van der Waals surface area contributed by atoms with E-state index >= 15 is 18.3 Å². The first-order valence-electron chi connectivity index (χ1n) is 23.5. The summed E-state index contributed by atoms with van der Waals surface area (Å²) in [5.74, 6) is 1.95. The molecular weight excluding hydrogens is 988 g/mol. The summed E-state index contributed by atoms with van der Waals surface area (Å²) in [7, 11) is -17.5. The predicted molar refractivity (Wildman–Crippen MR) is 276 cm³/mol. The lowest BCUT2D eigenvalue weighted by atomic mass is 9.88. The molecule has 0 saturated heterocycles. The van der Waals surface area contributed by atoms with E-state index in [1.807, 2.05) is 48.5 Å². The smallest absolute Gasteiger partial charge is 0.412 e. The largest absolute Gasteiger partial charge is 0.462 e. The normalized spacial score (nSPS) is 22.7. The standard InChI is InChI=1S/C56H44O12P4/c1-33-49-37-25-38-30-40-27-42-32-44-28-43-31-41-26-39(29-37)51(63-69(57,61-49)45-17-9-5-10-18-45)34(2)53(41)65-71(59,47-21-13-7-14-22-47)67-55(43)36(4)56(44)68-72(60,48-23-15-8-16-24-48)66-54(42)35(3)52(40)64-70(58,62-50(33)38)46-19-11-6-12-20-46/h5-28H,29-32H2,1-4H3. The molecular formula is C56H44O12P4. The van der Waals surface area contributed by atoms with Gasteiger partial charge < -0.3 is 36.2 Å². The van der Waals surface area contributed by atoms with E-state index < -0.39 is 30.4 Å².